The van der Waals surface area contributed by atoms with Crippen molar-refractivity contribution in [2.24, 2.45) is 0 Å². The van der Waals surface area contributed by atoms with Crippen LogP contribution in [0.1, 0.15) is 34.8 Å². The molecule has 20 heavy (non-hydrogen) atoms. The van der Waals surface area contributed by atoms with E-state index in [-0.39, 0.29) is 16.8 Å². The smallest absolute Gasteiger partial charge is 0.341 e. The lowest BCUT2D eigenvalue weighted by Gasteiger charge is -2.08. The largest absolute Gasteiger partial charge is 0.465 e. The maximum Gasteiger partial charge on any atom is 0.341 e. The Bertz CT molecular complexity index is 682. The molecule has 0 radical (unpaired) electrons. The van der Waals surface area contributed by atoms with Crippen LogP contribution in [0.4, 0.5) is 4.39 Å². The third-order valence-corrected chi connectivity index (χ3v) is 3.37. The Balaban J connectivity index is 2.14. The van der Waals surface area contributed by atoms with Gasteiger partial charge in [-0.1, -0.05) is 11.6 Å². The number of esters is 1. The van der Waals surface area contributed by atoms with Crippen molar-refractivity contribution in [3.63, 3.8) is 0 Å². The average Bonchev–Trinajstić information content (AvgIpc) is 3.17. The number of aromatic nitrogens is 3. The molecule has 2 aromatic heterocycles. The van der Waals surface area contributed by atoms with Crippen LogP contribution in [-0.2, 0) is 4.74 Å². The first-order valence-corrected chi connectivity index (χ1v) is 6.47. The summed E-state index contributed by atoms with van der Waals surface area (Å²) in [5.74, 6) is -0.846. The molecule has 3 rings (SSSR count). The Morgan fingerprint density at radius 2 is 2.25 bits per heavy atom. The summed E-state index contributed by atoms with van der Waals surface area (Å²) in [7, 11) is 1.30. The van der Waals surface area contributed by atoms with Gasteiger partial charge in [0.25, 0.3) is 0 Å². The van der Waals surface area contributed by atoms with Crippen LogP contribution in [0.2, 0.25) is 5.02 Å². The Morgan fingerprint density at radius 3 is 2.85 bits per heavy atom. The zero-order valence-corrected chi connectivity index (χ0v) is 11.4. The molecule has 0 saturated heterocycles. The number of halogens is 2. The number of carbonyl (C=O) groups is 1. The lowest BCUT2D eigenvalue weighted by atomic mass is 10.2. The van der Waals surface area contributed by atoms with E-state index in [1.807, 2.05) is 0 Å². The molecule has 0 bridgehead atoms. The van der Waals surface area contributed by atoms with Crippen molar-refractivity contribution < 1.29 is 13.9 Å². The Morgan fingerprint density at radius 1 is 1.50 bits per heavy atom. The van der Waals surface area contributed by atoms with Gasteiger partial charge in [-0.15, -0.1) is 0 Å². The molecule has 1 aliphatic carbocycles. The number of methoxy groups -OCH3 is 1. The minimum atomic E-state index is -0.584. The molecule has 1 saturated carbocycles. The van der Waals surface area contributed by atoms with Crippen LogP contribution < -0.4 is 0 Å². The van der Waals surface area contributed by atoms with Crippen LogP contribution in [0.3, 0.4) is 0 Å². The predicted octanol–water partition coefficient (Wildman–Crippen LogP) is 2.72. The van der Waals surface area contributed by atoms with E-state index in [0.29, 0.717) is 11.3 Å². The van der Waals surface area contributed by atoms with Gasteiger partial charge in [0.05, 0.1) is 24.0 Å². The second kappa shape index (κ2) is 4.86. The van der Waals surface area contributed by atoms with Crippen molar-refractivity contribution in [3.05, 3.63) is 40.6 Å². The van der Waals surface area contributed by atoms with Crippen LogP contribution in [-0.4, -0.2) is 27.8 Å². The molecule has 0 amide bonds. The number of hydrogen-bond donors (Lipinski definition) is 0. The van der Waals surface area contributed by atoms with Crippen molar-refractivity contribution in [3.8, 4) is 5.82 Å². The summed E-state index contributed by atoms with van der Waals surface area (Å²) < 4.78 is 20.1. The van der Waals surface area contributed by atoms with Crippen molar-refractivity contribution in [1.29, 1.82) is 0 Å². The van der Waals surface area contributed by atoms with Gasteiger partial charge in [0, 0.05) is 12.1 Å². The molecule has 2 aromatic rings. The third-order valence-electron chi connectivity index (χ3n) is 3.16. The van der Waals surface area contributed by atoms with Gasteiger partial charge in [-0.3, -0.25) is 0 Å². The van der Waals surface area contributed by atoms with E-state index < -0.39 is 11.8 Å². The summed E-state index contributed by atoms with van der Waals surface area (Å²) in [4.78, 5) is 15.7. The number of ether oxygens (including phenoxy) is 1. The van der Waals surface area contributed by atoms with Gasteiger partial charge in [-0.25, -0.2) is 18.9 Å². The quantitative estimate of drug-likeness (QED) is 0.817. The minimum absolute atomic E-state index is 0.0338. The van der Waals surface area contributed by atoms with Crippen molar-refractivity contribution in [2.75, 3.05) is 7.11 Å². The van der Waals surface area contributed by atoms with Gasteiger partial charge < -0.3 is 4.74 Å². The maximum atomic E-state index is 14.0. The van der Waals surface area contributed by atoms with Crippen LogP contribution >= 0.6 is 11.6 Å². The molecule has 0 unspecified atom stereocenters. The van der Waals surface area contributed by atoms with E-state index in [0.717, 1.165) is 12.8 Å². The molecule has 0 N–H and O–H groups in total. The first-order valence-electron chi connectivity index (χ1n) is 6.09. The SMILES string of the molecule is COC(=O)c1cnn(-c2ncc(Cl)cc2F)c1C1CC1. The standard InChI is InChI=1S/C13H11ClFN3O2/c1-20-13(19)9-6-17-18(11(9)7-2-3-7)12-10(15)4-8(14)5-16-12/h4-7H,2-3H2,1H3. The topological polar surface area (TPSA) is 57.0 Å². The molecule has 5 nitrogen and oxygen atoms in total. The zero-order chi connectivity index (χ0) is 14.3. The number of nitrogens with zero attached hydrogens (tertiary/aromatic N) is 3. The first-order chi connectivity index (χ1) is 9.61. The fourth-order valence-electron chi connectivity index (χ4n) is 2.11. The molecule has 1 aliphatic rings. The van der Waals surface area contributed by atoms with Crippen LogP contribution in [0.25, 0.3) is 5.82 Å². The number of rotatable bonds is 3. The summed E-state index contributed by atoms with van der Waals surface area (Å²) in [5, 5.41) is 4.29. The van der Waals surface area contributed by atoms with Gasteiger partial charge in [0.15, 0.2) is 11.6 Å². The summed E-state index contributed by atoms with van der Waals surface area (Å²) in [6.45, 7) is 0. The highest BCUT2D eigenvalue weighted by molar-refractivity contribution is 6.30. The second-order valence-corrected chi connectivity index (χ2v) is 5.02. The van der Waals surface area contributed by atoms with E-state index in [4.69, 9.17) is 16.3 Å². The molecule has 0 atom stereocenters. The van der Waals surface area contributed by atoms with Gasteiger partial charge in [0.2, 0.25) is 0 Å². The van der Waals surface area contributed by atoms with Crippen LogP contribution in [0.5, 0.6) is 0 Å². The molecule has 104 valence electrons. The Kier molecular flexibility index (Phi) is 3.17. The lowest BCUT2D eigenvalue weighted by Crippen LogP contribution is -2.09. The number of pyridine rings is 1. The molecule has 0 aromatic carbocycles. The molecule has 7 heteroatoms. The van der Waals surface area contributed by atoms with Crippen LogP contribution in [0, 0.1) is 5.82 Å². The molecule has 1 fully saturated rings. The highest BCUT2D eigenvalue weighted by Gasteiger charge is 2.34. The Hall–Kier alpha value is -1.95. The van der Waals surface area contributed by atoms with E-state index in [2.05, 4.69) is 10.1 Å². The van der Waals surface area contributed by atoms with Crippen LogP contribution in [0.15, 0.2) is 18.5 Å². The predicted molar refractivity (Wildman–Crippen MR) is 69.6 cm³/mol. The third kappa shape index (κ3) is 2.16. The highest BCUT2D eigenvalue weighted by atomic mass is 35.5. The highest BCUT2D eigenvalue weighted by Crippen LogP contribution is 2.42. The molecule has 0 aliphatic heterocycles. The lowest BCUT2D eigenvalue weighted by molar-refractivity contribution is 0.0599. The fraction of sp³-hybridized carbons (Fsp3) is 0.308. The fourth-order valence-corrected chi connectivity index (χ4v) is 2.25. The van der Waals surface area contributed by atoms with Crippen molar-refractivity contribution in [1.82, 2.24) is 14.8 Å². The second-order valence-electron chi connectivity index (χ2n) is 4.58. The zero-order valence-electron chi connectivity index (χ0n) is 10.6. The molecule has 2 heterocycles. The normalized spacial score (nSPS) is 14.3. The Labute approximate surface area is 119 Å². The van der Waals surface area contributed by atoms with Gasteiger partial charge in [-0.05, 0) is 18.9 Å². The van der Waals surface area contributed by atoms with E-state index in [1.165, 1.54) is 30.3 Å². The summed E-state index contributed by atoms with van der Waals surface area (Å²) in [5.41, 5.74) is 0.997. The molecule has 0 spiro atoms. The van der Waals surface area contributed by atoms with Crippen molar-refractivity contribution >= 4 is 17.6 Å². The summed E-state index contributed by atoms with van der Waals surface area (Å²) >= 11 is 5.69. The monoisotopic (exact) mass is 295 g/mol. The van der Waals surface area contributed by atoms with Gasteiger partial charge >= 0.3 is 5.97 Å². The van der Waals surface area contributed by atoms with Gasteiger partial charge in [-0.2, -0.15) is 5.10 Å². The van der Waals surface area contributed by atoms with E-state index in [9.17, 15) is 9.18 Å². The average molecular weight is 296 g/mol. The number of hydrogen-bond acceptors (Lipinski definition) is 4. The summed E-state index contributed by atoms with van der Waals surface area (Å²) in [6.07, 6.45) is 4.60. The first kappa shape index (κ1) is 13.1. The maximum absolute atomic E-state index is 14.0. The minimum Gasteiger partial charge on any atom is -0.465 e. The molecular weight excluding hydrogens is 285 g/mol. The van der Waals surface area contributed by atoms with E-state index in [1.54, 1.807) is 0 Å². The van der Waals surface area contributed by atoms with Crippen molar-refractivity contribution in [2.45, 2.75) is 18.8 Å². The number of carbonyl (C=O) groups excluding carboxylic acids is 1. The molecular formula is C13H11ClFN3O2. The summed E-state index contributed by atoms with van der Waals surface area (Å²) in [6, 6.07) is 1.17. The van der Waals surface area contributed by atoms with E-state index >= 15 is 0 Å². The van der Waals surface area contributed by atoms with Gasteiger partial charge in [0.1, 0.15) is 5.56 Å².